The number of anilines is 1. The highest BCUT2D eigenvalue weighted by Crippen LogP contribution is 2.25. The van der Waals surface area contributed by atoms with Crippen molar-refractivity contribution in [2.75, 3.05) is 18.6 Å². The molecule has 1 amide bonds. The van der Waals surface area contributed by atoms with E-state index in [1.807, 2.05) is 6.20 Å². The predicted octanol–water partition coefficient (Wildman–Crippen LogP) is 0.819. The van der Waals surface area contributed by atoms with Crippen molar-refractivity contribution in [3.05, 3.63) is 12.4 Å². The summed E-state index contributed by atoms with van der Waals surface area (Å²) in [6.07, 6.45) is 4.69. The Morgan fingerprint density at radius 2 is 2.39 bits per heavy atom. The van der Waals surface area contributed by atoms with Crippen LogP contribution in [0.25, 0.3) is 0 Å². The van der Waals surface area contributed by atoms with E-state index in [4.69, 9.17) is 0 Å². The fraction of sp³-hybridized carbons (Fsp3) is 0.583. The highest BCUT2D eigenvalue weighted by atomic mass is 16.5. The molecule has 0 saturated carbocycles. The number of amides is 1. The molecule has 2 rings (SSSR count). The highest BCUT2D eigenvalue weighted by Gasteiger charge is 2.36. The van der Waals surface area contributed by atoms with Gasteiger partial charge in [0.05, 0.1) is 24.9 Å². The molecule has 1 fully saturated rings. The first kappa shape index (κ1) is 12.6. The first-order valence-corrected chi connectivity index (χ1v) is 6.06. The van der Waals surface area contributed by atoms with E-state index in [1.54, 1.807) is 15.8 Å². The number of rotatable bonds is 4. The molecule has 18 heavy (non-hydrogen) atoms. The van der Waals surface area contributed by atoms with Gasteiger partial charge < -0.3 is 9.64 Å². The number of nitrogens with zero attached hydrogens (tertiary/aromatic N) is 3. The van der Waals surface area contributed by atoms with Crippen LogP contribution in [0.1, 0.15) is 19.8 Å². The minimum atomic E-state index is -0.364. The Bertz CT molecular complexity index is 455. The van der Waals surface area contributed by atoms with Gasteiger partial charge in [0.2, 0.25) is 5.91 Å². The zero-order valence-electron chi connectivity index (χ0n) is 10.6. The molecule has 6 nitrogen and oxygen atoms in total. The Labute approximate surface area is 106 Å². The first-order chi connectivity index (χ1) is 8.65. The molecule has 1 atom stereocenters. The van der Waals surface area contributed by atoms with E-state index in [2.05, 4.69) is 16.8 Å². The van der Waals surface area contributed by atoms with Crippen LogP contribution in [0.3, 0.4) is 0 Å². The number of ether oxygens (including phenoxy) is 1. The van der Waals surface area contributed by atoms with Gasteiger partial charge in [-0.05, 0) is 6.42 Å². The van der Waals surface area contributed by atoms with Crippen LogP contribution in [-0.4, -0.2) is 35.3 Å². The number of hydrogen-bond acceptors (Lipinski definition) is 4. The summed E-state index contributed by atoms with van der Waals surface area (Å²) >= 11 is 0. The second-order valence-electron chi connectivity index (χ2n) is 4.39. The van der Waals surface area contributed by atoms with Crippen molar-refractivity contribution in [2.24, 2.45) is 5.92 Å². The van der Waals surface area contributed by atoms with Crippen molar-refractivity contribution in [1.82, 2.24) is 9.78 Å². The van der Waals surface area contributed by atoms with Crippen LogP contribution in [0, 0.1) is 5.92 Å². The smallest absolute Gasteiger partial charge is 0.311 e. The number of esters is 1. The van der Waals surface area contributed by atoms with Crippen LogP contribution in [-0.2, 0) is 20.9 Å². The van der Waals surface area contributed by atoms with Gasteiger partial charge in [0, 0.05) is 25.7 Å². The van der Waals surface area contributed by atoms with Crippen LogP contribution in [0.15, 0.2) is 12.4 Å². The lowest BCUT2D eigenvalue weighted by atomic mass is 10.1. The van der Waals surface area contributed by atoms with Crippen molar-refractivity contribution in [1.29, 1.82) is 0 Å². The Morgan fingerprint density at radius 1 is 1.61 bits per heavy atom. The molecule has 0 bridgehead atoms. The van der Waals surface area contributed by atoms with Gasteiger partial charge in [0.25, 0.3) is 0 Å². The Kier molecular flexibility index (Phi) is 3.64. The minimum absolute atomic E-state index is 0.0542. The fourth-order valence-electron chi connectivity index (χ4n) is 2.13. The summed E-state index contributed by atoms with van der Waals surface area (Å²) in [7, 11) is 1.34. The van der Waals surface area contributed by atoms with Crippen molar-refractivity contribution < 1.29 is 14.3 Å². The lowest BCUT2D eigenvalue weighted by Gasteiger charge is -2.13. The van der Waals surface area contributed by atoms with Crippen LogP contribution >= 0.6 is 0 Å². The van der Waals surface area contributed by atoms with E-state index in [-0.39, 0.29) is 24.2 Å². The zero-order chi connectivity index (χ0) is 13.1. The van der Waals surface area contributed by atoms with Gasteiger partial charge in [-0.1, -0.05) is 6.92 Å². The maximum Gasteiger partial charge on any atom is 0.311 e. The molecule has 0 aliphatic carbocycles. The Balaban J connectivity index is 2.09. The third kappa shape index (κ3) is 2.37. The zero-order valence-corrected chi connectivity index (χ0v) is 10.6. The third-order valence-electron chi connectivity index (χ3n) is 3.04. The maximum atomic E-state index is 11.9. The summed E-state index contributed by atoms with van der Waals surface area (Å²) in [5.41, 5.74) is 0.750. The molecule has 1 aliphatic heterocycles. The number of hydrogen-bond donors (Lipinski definition) is 0. The number of aryl methyl sites for hydroxylation is 1. The average molecular weight is 251 g/mol. The molecule has 1 aliphatic rings. The second kappa shape index (κ2) is 5.20. The number of carbonyl (C=O) groups excluding carboxylic acids is 2. The molecule has 1 saturated heterocycles. The second-order valence-corrected chi connectivity index (χ2v) is 4.39. The van der Waals surface area contributed by atoms with E-state index in [1.165, 1.54) is 7.11 Å². The van der Waals surface area contributed by atoms with E-state index < -0.39 is 0 Å². The molecule has 1 aromatic heterocycles. The topological polar surface area (TPSA) is 64.4 Å². The van der Waals surface area contributed by atoms with Crippen molar-refractivity contribution in [3.63, 3.8) is 0 Å². The van der Waals surface area contributed by atoms with E-state index >= 15 is 0 Å². The van der Waals surface area contributed by atoms with Crippen LogP contribution < -0.4 is 4.90 Å². The molecule has 0 spiro atoms. The molecule has 98 valence electrons. The van der Waals surface area contributed by atoms with E-state index in [9.17, 15) is 9.59 Å². The summed E-state index contributed by atoms with van der Waals surface area (Å²) in [5.74, 6) is -0.745. The van der Waals surface area contributed by atoms with Gasteiger partial charge in [-0.3, -0.25) is 14.3 Å². The third-order valence-corrected chi connectivity index (χ3v) is 3.04. The quantitative estimate of drug-likeness (QED) is 0.743. The standard InChI is InChI=1S/C12H17N3O3/c1-3-4-14-8-10(6-13-14)15-7-9(5-11(15)16)12(17)18-2/h6,8-9H,3-5,7H2,1-2H3. The largest absolute Gasteiger partial charge is 0.469 e. The van der Waals surface area contributed by atoms with E-state index in [0.717, 1.165) is 18.7 Å². The molecule has 1 unspecified atom stereocenters. The summed E-state index contributed by atoms with van der Waals surface area (Å²) in [4.78, 5) is 24.9. The summed E-state index contributed by atoms with van der Waals surface area (Å²) in [6.45, 7) is 3.27. The van der Waals surface area contributed by atoms with Gasteiger partial charge >= 0.3 is 5.97 Å². The van der Waals surface area contributed by atoms with Crippen molar-refractivity contribution in [3.8, 4) is 0 Å². The number of carbonyl (C=O) groups is 2. The minimum Gasteiger partial charge on any atom is -0.469 e. The lowest BCUT2D eigenvalue weighted by Crippen LogP contribution is -2.25. The maximum absolute atomic E-state index is 11.9. The van der Waals surface area contributed by atoms with Gasteiger partial charge in [-0.25, -0.2) is 0 Å². The molecule has 2 heterocycles. The SMILES string of the molecule is CCCn1cc(N2CC(C(=O)OC)CC2=O)cn1. The molecule has 0 aromatic carbocycles. The fourth-order valence-corrected chi connectivity index (χ4v) is 2.13. The number of aromatic nitrogens is 2. The predicted molar refractivity (Wildman–Crippen MR) is 65.0 cm³/mol. The molecule has 6 heteroatoms. The van der Waals surface area contributed by atoms with Crippen molar-refractivity contribution >= 4 is 17.6 Å². The molecule has 0 radical (unpaired) electrons. The highest BCUT2D eigenvalue weighted by molar-refractivity contribution is 5.99. The monoisotopic (exact) mass is 251 g/mol. The Morgan fingerprint density at radius 3 is 3.06 bits per heavy atom. The van der Waals surface area contributed by atoms with Crippen LogP contribution in [0.4, 0.5) is 5.69 Å². The molecule has 0 N–H and O–H groups in total. The normalized spacial score (nSPS) is 19.3. The average Bonchev–Trinajstić information content (AvgIpc) is 2.95. The van der Waals surface area contributed by atoms with Gasteiger partial charge in [0.15, 0.2) is 0 Å². The number of methoxy groups -OCH3 is 1. The van der Waals surface area contributed by atoms with Gasteiger partial charge in [-0.15, -0.1) is 0 Å². The summed E-state index contributed by atoms with van der Waals surface area (Å²) in [5, 5.41) is 4.18. The molecule has 1 aromatic rings. The van der Waals surface area contributed by atoms with Gasteiger partial charge in [-0.2, -0.15) is 5.10 Å². The molecular formula is C12H17N3O3. The van der Waals surface area contributed by atoms with Crippen molar-refractivity contribution in [2.45, 2.75) is 26.3 Å². The summed E-state index contributed by atoms with van der Waals surface area (Å²) in [6, 6.07) is 0. The van der Waals surface area contributed by atoms with E-state index in [0.29, 0.717) is 6.54 Å². The van der Waals surface area contributed by atoms with Crippen LogP contribution in [0.2, 0.25) is 0 Å². The first-order valence-electron chi connectivity index (χ1n) is 6.06. The van der Waals surface area contributed by atoms with Crippen LogP contribution in [0.5, 0.6) is 0 Å². The Hall–Kier alpha value is -1.85. The molecular weight excluding hydrogens is 234 g/mol. The lowest BCUT2D eigenvalue weighted by molar-refractivity contribution is -0.145. The van der Waals surface area contributed by atoms with Gasteiger partial charge in [0.1, 0.15) is 0 Å². The summed E-state index contributed by atoms with van der Waals surface area (Å²) < 4.78 is 6.47.